The van der Waals surface area contributed by atoms with E-state index in [9.17, 15) is 4.39 Å². The van der Waals surface area contributed by atoms with Gasteiger partial charge in [-0.1, -0.05) is 12.2 Å². The van der Waals surface area contributed by atoms with Crippen LogP contribution in [0.2, 0.25) is 0 Å². The maximum Gasteiger partial charge on any atom is 0.135 e. The number of rotatable bonds is 4. The molecule has 0 bridgehead atoms. The molecule has 0 spiro atoms. The van der Waals surface area contributed by atoms with E-state index in [0.29, 0.717) is 12.2 Å². The predicted octanol–water partition coefficient (Wildman–Crippen LogP) is 3.13. The van der Waals surface area contributed by atoms with E-state index >= 15 is 0 Å². The zero-order valence-electron chi connectivity index (χ0n) is 8.94. The number of hydrogen-bond donors (Lipinski definition) is 2. The van der Waals surface area contributed by atoms with Gasteiger partial charge < -0.3 is 11.1 Å². The first-order valence-electron chi connectivity index (χ1n) is 5.01. The number of benzene rings is 1. The highest BCUT2D eigenvalue weighted by Crippen LogP contribution is 2.16. The third kappa shape index (κ3) is 3.01. The fourth-order valence-corrected chi connectivity index (χ4v) is 2.26. The minimum Gasteiger partial charge on any atom is -0.389 e. The molecule has 0 saturated heterocycles. The number of thiocarbonyl (C=S) groups is 1. The summed E-state index contributed by atoms with van der Waals surface area (Å²) in [5, 5.41) is 7.19. The van der Waals surface area contributed by atoms with Gasteiger partial charge in [-0.2, -0.15) is 11.3 Å². The molecule has 1 heterocycles. The molecule has 3 N–H and O–H groups in total. The number of halogens is 1. The molecule has 0 aliphatic rings. The fraction of sp³-hybridized carbons (Fsp3) is 0.0833. The molecule has 88 valence electrons. The van der Waals surface area contributed by atoms with Crippen LogP contribution in [0.15, 0.2) is 35.0 Å². The second-order valence-electron chi connectivity index (χ2n) is 3.54. The smallest absolute Gasteiger partial charge is 0.135 e. The lowest BCUT2D eigenvalue weighted by Gasteiger charge is -2.07. The van der Waals surface area contributed by atoms with Crippen molar-refractivity contribution >= 4 is 34.2 Å². The molecule has 0 aliphatic heterocycles. The standard InChI is InChI=1S/C12H11FN2S2/c13-11-5-9(1-2-10(11)12(14)16)15-6-8-3-4-17-7-8/h1-5,7,15H,6H2,(H2,14,16). The Balaban J connectivity index is 2.07. The first kappa shape index (κ1) is 12.0. The third-order valence-corrected chi connectivity index (χ3v) is 3.26. The average Bonchev–Trinajstić information content (AvgIpc) is 2.78. The summed E-state index contributed by atoms with van der Waals surface area (Å²) in [6.07, 6.45) is 0. The van der Waals surface area contributed by atoms with Gasteiger partial charge in [0.25, 0.3) is 0 Å². The van der Waals surface area contributed by atoms with Crippen molar-refractivity contribution in [2.75, 3.05) is 5.32 Å². The Morgan fingerprint density at radius 1 is 1.41 bits per heavy atom. The van der Waals surface area contributed by atoms with Crippen LogP contribution in [0.5, 0.6) is 0 Å². The summed E-state index contributed by atoms with van der Waals surface area (Å²) in [7, 11) is 0. The Morgan fingerprint density at radius 3 is 2.82 bits per heavy atom. The first-order valence-corrected chi connectivity index (χ1v) is 6.36. The van der Waals surface area contributed by atoms with Crippen LogP contribution in [0.3, 0.4) is 0 Å². The Morgan fingerprint density at radius 2 is 2.24 bits per heavy atom. The molecule has 2 rings (SSSR count). The van der Waals surface area contributed by atoms with Crippen molar-refractivity contribution in [2.24, 2.45) is 5.73 Å². The van der Waals surface area contributed by atoms with Gasteiger partial charge in [0.15, 0.2) is 0 Å². The van der Waals surface area contributed by atoms with E-state index in [1.165, 1.54) is 11.6 Å². The van der Waals surface area contributed by atoms with Gasteiger partial charge in [0, 0.05) is 17.8 Å². The van der Waals surface area contributed by atoms with Crippen LogP contribution >= 0.6 is 23.6 Å². The molecule has 5 heteroatoms. The molecule has 2 aromatic rings. The number of hydrogen-bond acceptors (Lipinski definition) is 3. The topological polar surface area (TPSA) is 38.0 Å². The monoisotopic (exact) mass is 266 g/mol. The SMILES string of the molecule is NC(=S)c1ccc(NCc2ccsc2)cc1F. The Labute approximate surface area is 108 Å². The molecule has 1 aromatic heterocycles. The summed E-state index contributed by atoms with van der Waals surface area (Å²) in [6.45, 7) is 0.676. The summed E-state index contributed by atoms with van der Waals surface area (Å²) in [4.78, 5) is 0.0758. The van der Waals surface area contributed by atoms with Crippen molar-refractivity contribution < 1.29 is 4.39 Å². The van der Waals surface area contributed by atoms with Crippen LogP contribution in [0.25, 0.3) is 0 Å². The summed E-state index contributed by atoms with van der Waals surface area (Å²) in [5.41, 5.74) is 7.56. The van der Waals surface area contributed by atoms with Gasteiger partial charge in [-0.25, -0.2) is 4.39 Å². The van der Waals surface area contributed by atoms with E-state index in [0.717, 1.165) is 0 Å². The Bertz CT molecular complexity index is 523. The predicted molar refractivity (Wildman–Crippen MR) is 73.9 cm³/mol. The van der Waals surface area contributed by atoms with Gasteiger partial charge in [-0.15, -0.1) is 0 Å². The van der Waals surface area contributed by atoms with Gasteiger partial charge in [-0.05, 0) is 40.6 Å². The molecule has 1 aromatic carbocycles. The van der Waals surface area contributed by atoms with Gasteiger partial charge in [0.05, 0.1) is 0 Å². The van der Waals surface area contributed by atoms with E-state index in [-0.39, 0.29) is 10.6 Å². The van der Waals surface area contributed by atoms with Gasteiger partial charge >= 0.3 is 0 Å². The molecule has 17 heavy (non-hydrogen) atoms. The fourth-order valence-electron chi connectivity index (χ4n) is 1.42. The molecular formula is C12H11FN2S2. The molecular weight excluding hydrogens is 255 g/mol. The van der Waals surface area contributed by atoms with Crippen molar-refractivity contribution in [3.63, 3.8) is 0 Å². The summed E-state index contributed by atoms with van der Waals surface area (Å²) in [6, 6.07) is 6.79. The normalized spacial score (nSPS) is 10.2. The second kappa shape index (κ2) is 5.25. The van der Waals surface area contributed by atoms with Crippen LogP contribution < -0.4 is 11.1 Å². The maximum atomic E-state index is 13.6. The minimum atomic E-state index is -0.396. The molecule has 0 unspecified atom stereocenters. The molecule has 0 fully saturated rings. The first-order chi connectivity index (χ1) is 8.16. The zero-order chi connectivity index (χ0) is 12.3. The van der Waals surface area contributed by atoms with Crippen LogP contribution in [0.1, 0.15) is 11.1 Å². The van der Waals surface area contributed by atoms with Gasteiger partial charge in [0.1, 0.15) is 10.8 Å². The van der Waals surface area contributed by atoms with Crippen LogP contribution in [0, 0.1) is 5.82 Å². The van der Waals surface area contributed by atoms with E-state index in [1.807, 2.05) is 16.8 Å². The van der Waals surface area contributed by atoms with Crippen molar-refractivity contribution in [1.82, 2.24) is 0 Å². The highest BCUT2D eigenvalue weighted by Gasteiger charge is 2.05. The number of nitrogens with one attached hydrogen (secondary N) is 1. The van der Waals surface area contributed by atoms with Crippen LogP contribution in [-0.2, 0) is 6.54 Å². The summed E-state index contributed by atoms with van der Waals surface area (Å²) < 4.78 is 13.6. The molecule has 0 amide bonds. The van der Waals surface area contributed by atoms with Crippen molar-refractivity contribution in [2.45, 2.75) is 6.54 Å². The third-order valence-electron chi connectivity index (χ3n) is 2.31. The summed E-state index contributed by atoms with van der Waals surface area (Å²) >= 11 is 6.38. The van der Waals surface area contributed by atoms with E-state index in [4.69, 9.17) is 18.0 Å². The molecule has 0 radical (unpaired) electrons. The lowest BCUT2D eigenvalue weighted by atomic mass is 10.2. The van der Waals surface area contributed by atoms with E-state index in [1.54, 1.807) is 23.5 Å². The van der Waals surface area contributed by atoms with Crippen molar-refractivity contribution in [1.29, 1.82) is 0 Å². The zero-order valence-corrected chi connectivity index (χ0v) is 10.6. The minimum absolute atomic E-state index is 0.0758. The second-order valence-corrected chi connectivity index (χ2v) is 4.76. The molecule has 0 atom stereocenters. The highest BCUT2D eigenvalue weighted by atomic mass is 32.1. The highest BCUT2D eigenvalue weighted by molar-refractivity contribution is 7.80. The molecule has 0 aliphatic carbocycles. The molecule has 0 saturated carbocycles. The number of thiophene rings is 1. The lowest BCUT2D eigenvalue weighted by Crippen LogP contribution is -2.11. The summed E-state index contributed by atoms with van der Waals surface area (Å²) in [5.74, 6) is -0.396. The van der Waals surface area contributed by atoms with Crippen LogP contribution in [0.4, 0.5) is 10.1 Å². The Kier molecular flexibility index (Phi) is 3.71. The van der Waals surface area contributed by atoms with Crippen molar-refractivity contribution in [3.8, 4) is 0 Å². The van der Waals surface area contributed by atoms with Crippen LogP contribution in [-0.4, -0.2) is 4.99 Å². The molecule has 2 nitrogen and oxygen atoms in total. The number of nitrogens with two attached hydrogens (primary N) is 1. The quantitative estimate of drug-likeness (QED) is 0.835. The largest absolute Gasteiger partial charge is 0.389 e. The van der Waals surface area contributed by atoms with Crippen molar-refractivity contribution in [3.05, 3.63) is 52.0 Å². The van der Waals surface area contributed by atoms with Gasteiger partial charge in [0.2, 0.25) is 0 Å². The lowest BCUT2D eigenvalue weighted by molar-refractivity contribution is 0.626. The number of anilines is 1. The van der Waals surface area contributed by atoms with E-state index < -0.39 is 5.82 Å². The average molecular weight is 266 g/mol. The maximum absolute atomic E-state index is 13.6. The van der Waals surface area contributed by atoms with E-state index in [2.05, 4.69) is 5.32 Å². The Hall–Kier alpha value is -1.46. The van der Waals surface area contributed by atoms with Gasteiger partial charge in [-0.3, -0.25) is 0 Å².